The van der Waals surface area contributed by atoms with Gasteiger partial charge in [0.25, 0.3) is 0 Å². The molecular weight excluding hydrogens is 206 g/mol. The first kappa shape index (κ1) is 9.81. The summed E-state index contributed by atoms with van der Waals surface area (Å²) in [6.45, 7) is 2.01. The zero-order chi connectivity index (χ0) is 10.7. The number of nitriles is 1. The van der Waals surface area contributed by atoms with Gasteiger partial charge >= 0.3 is 0 Å². The third-order valence-electron chi connectivity index (χ3n) is 2.06. The van der Waals surface area contributed by atoms with Gasteiger partial charge in [0.1, 0.15) is 5.01 Å². The van der Waals surface area contributed by atoms with Crippen molar-refractivity contribution < 1.29 is 0 Å². The van der Waals surface area contributed by atoms with E-state index in [0.717, 1.165) is 21.8 Å². The molecule has 2 aromatic heterocycles. The Morgan fingerprint density at radius 3 is 3.13 bits per heavy atom. The van der Waals surface area contributed by atoms with Gasteiger partial charge in [0, 0.05) is 23.3 Å². The summed E-state index contributed by atoms with van der Waals surface area (Å²) in [6.07, 6.45) is 3.95. The standard InChI is InChI=1S/C11H9N3S/c1-8-6-13-5-3-10(8)11-14-9(2-4-12)7-15-11/h3,5-7H,2H2,1H3. The van der Waals surface area contributed by atoms with Gasteiger partial charge in [-0.05, 0) is 18.6 Å². The zero-order valence-electron chi connectivity index (χ0n) is 8.27. The number of hydrogen-bond donors (Lipinski definition) is 0. The highest BCUT2D eigenvalue weighted by Gasteiger charge is 2.06. The van der Waals surface area contributed by atoms with Crippen LogP contribution < -0.4 is 0 Å². The number of thiazole rings is 1. The lowest BCUT2D eigenvalue weighted by molar-refractivity contribution is 1.15. The highest BCUT2D eigenvalue weighted by atomic mass is 32.1. The second-order valence-corrected chi connectivity index (χ2v) is 4.03. The molecule has 0 aliphatic rings. The van der Waals surface area contributed by atoms with Crippen molar-refractivity contribution in [3.63, 3.8) is 0 Å². The molecule has 0 N–H and O–H groups in total. The molecule has 0 unspecified atom stereocenters. The number of aromatic nitrogens is 2. The van der Waals surface area contributed by atoms with Crippen molar-refractivity contribution in [1.29, 1.82) is 5.26 Å². The summed E-state index contributed by atoms with van der Waals surface area (Å²) in [5.41, 5.74) is 3.04. The molecule has 15 heavy (non-hydrogen) atoms. The van der Waals surface area contributed by atoms with Gasteiger partial charge in [-0.25, -0.2) is 4.98 Å². The van der Waals surface area contributed by atoms with E-state index in [9.17, 15) is 0 Å². The van der Waals surface area contributed by atoms with E-state index >= 15 is 0 Å². The van der Waals surface area contributed by atoms with Gasteiger partial charge in [0.05, 0.1) is 18.2 Å². The zero-order valence-corrected chi connectivity index (χ0v) is 9.08. The molecule has 3 nitrogen and oxygen atoms in total. The minimum atomic E-state index is 0.376. The van der Waals surface area contributed by atoms with E-state index in [0.29, 0.717) is 6.42 Å². The first-order valence-electron chi connectivity index (χ1n) is 4.53. The molecule has 0 amide bonds. The SMILES string of the molecule is Cc1cnccc1-c1nc(CC#N)cs1. The number of pyridine rings is 1. The quantitative estimate of drug-likeness (QED) is 0.773. The van der Waals surface area contributed by atoms with E-state index in [-0.39, 0.29) is 0 Å². The third kappa shape index (κ3) is 2.03. The highest BCUT2D eigenvalue weighted by Crippen LogP contribution is 2.25. The Hall–Kier alpha value is -1.73. The van der Waals surface area contributed by atoms with Gasteiger partial charge in [-0.1, -0.05) is 0 Å². The molecule has 0 spiro atoms. The lowest BCUT2D eigenvalue weighted by Crippen LogP contribution is -1.85. The summed E-state index contributed by atoms with van der Waals surface area (Å²) >= 11 is 1.57. The van der Waals surface area contributed by atoms with Crippen molar-refractivity contribution in [2.24, 2.45) is 0 Å². The summed E-state index contributed by atoms with van der Waals surface area (Å²) in [4.78, 5) is 8.44. The van der Waals surface area contributed by atoms with Gasteiger partial charge in [-0.3, -0.25) is 4.98 Å². The van der Waals surface area contributed by atoms with Gasteiger partial charge in [-0.2, -0.15) is 5.26 Å². The van der Waals surface area contributed by atoms with Crippen LogP contribution in [-0.2, 0) is 6.42 Å². The number of rotatable bonds is 2. The van der Waals surface area contributed by atoms with Crippen molar-refractivity contribution in [2.45, 2.75) is 13.3 Å². The number of aryl methyl sites for hydroxylation is 1. The lowest BCUT2D eigenvalue weighted by atomic mass is 10.2. The molecule has 0 radical (unpaired) electrons. The summed E-state index contributed by atoms with van der Waals surface area (Å²) in [6, 6.07) is 4.04. The maximum atomic E-state index is 8.56. The van der Waals surface area contributed by atoms with E-state index in [1.165, 1.54) is 0 Å². The first-order valence-corrected chi connectivity index (χ1v) is 5.41. The molecule has 0 aliphatic heterocycles. The fraction of sp³-hybridized carbons (Fsp3) is 0.182. The Bertz CT molecular complexity index is 511. The van der Waals surface area contributed by atoms with Crippen LogP contribution in [0.15, 0.2) is 23.8 Å². The van der Waals surface area contributed by atoms with E-state index in [4.69, 9.17) is 5.26 Å². The minimum absolute atomic E-state index is 0.376. The number of nitrogens with zero attached hydrogens (tertiary/aromatic N) is 3. The second-order valence-electron chi connectivity index (χ2n) is 3.17. The molecule has 0 fully saturated rings. The van der Waals surface area contributed by atoms with Crippen LogP contribution >= 0.6 is 11.3 Å². The molecule has 0 atom stereocenters. The van der Waals surface area contributed by atoms with Crippen LogP contribution in [0.25, 0.3) is 10.6 Å². The van der Waals surface area contributed by atoms with Crippen molar-refractivity contribution in [2.75, 3.05) is 0 Å². The highest BCUT2D eigenvalue weighted by molar-refractivity contribution is 7.13. The Kier molecular flexibility index (Phi) is 2.75. The average Bonchev–Trinajstić information content (AvgIpc) is 2.68. The van der Waals surface area contributed by atoms with E-state index in [1.807, 2.05) is 24.6 Å². The van der Waals surface area contributed by atoms with Gasteiger partial charge < -0.3 is 0 Å². The van der Waals surface area contributed by atoms with E-state index in [2.05, 4.69) is 16.0 Å². The smallest absolute Gasteiger partial charge is 0.124 e. The molecule has 0 aliphatic carbocycles. The predicted octanol–water partition coefficient (Wildman–Crippen LogP) is 2.58. The second kappa shape index (κ2) is 4.20. The van der Waals surface area contributed by atoms with Crippen LogP contribution in [0.1, 0.15) is 11.3 Å². The Labute approximate surface area is 92.1 Å². The summed E-state index contributed by atoms with van der Waals surface area (Å²) in [7, 11) is 0. The molecule has 0 saturated heterocycles. The summed E-state index contributed by atoms with van der Waals surface area (Å²) < 4.78 is 0. The van der Waals surface area contributed by atoms with Gasteiger partial charge in [-0.15, -0.1) is 11.3 Å². The first-order chi connectivity index (χ1) is 7.31. The van der Waals surface area contributed by atoms with Crippen LogP contribution in [0.2, 0.25) is 0 Å². The fourth-order valence-corrected chi connectivity index (χ4v) is 2.22. The Balaban J connectivity index is 2.38. The molecule has 74 valence electrons. The average molecular weight is 215 g/mol. The summed E-state index contributed by atoms with van der Waals surface area (Å²) in [5.74, 6) is 0. The fourth-order valence-electron chi connectivity index (χ4n) is 1.31. The molecule has 4 heteroatoms. The maximum Gasteiger partial charge on any atom is 0.124 e. The molecule has 0 bridgehead atoms. The molecule has 0 saturated carbocycles. The van der Waals surface area contributed by atoms with Crippen LogP contribution in [0.4, 0.5) is 0 Å². The van der Waals surface area contributed by atoms with Gasteiger partial charge in [0.2, 0.25) is 0 Å². The van der Waals surface area contributed by atoms with Crippen molar-refractivity contribution in [1.82, 2.24) is 9.97 Å². The summed E-state index contributed by atoms with van der Waals surface area (Å²) in [5, 5.41) is 11.4. The Morgan fingerprint density at radius 1 is 1.53 bits per heavy atom. The third-order valence-corrected chi connectivity index (χ3v) is 2.99. The van der Waals surface area contributed by atoms with Crippen LogP contribution in [-0.4, -0.2) is 9.97 Å². The monoisotopic (exact) mass is 215 g/mol. The molecular formula is C11H9N3S. The van der Waals surface area contributed by atoms with Gasteiger partial charge in [0.15, 0.2) is 0 Å². The van der Waals surface area contributed by atoms with Crippen LogP contribution in [0.3, 0.4) is 0 Å². The van der Waals surface area contributed by atoms with Crippen molar-refractivity contribution in [3.05, 3.63) is 35.1 Å². The predicted molar refractivity (Wildman–Crippen MR) is 59.4 cm³/mol. The Morgan fingerprint density at radius 2 is 2.40 bits per heavy atom. The molecule has 0 aromatic carbocycles. The largest absolute Gasteiger partial charge is 0.264 e. The normalized spacial score (nSPS) is 9.87. The molecule has 2 rings (SSSR count). The topological polar surface area (TPSA) is 49.6 Å². The number of hydrogen-bond acceptors (Lipinski definition) is 4. The van der Waals surface area contributed by atoms with E-state index in [1.54, 1.807) is 17.5 Å². The van der Waals surface area contributed by atoms with Crippen LogP contribution in [0.5, 0.6) is 0 Å². The van der Waals surface area contributed by atoms with E-state index < -0.39 is 0 Å². The van der Waals surface area contributed by atoms with Crippen molar-refractivity contribution in [3.8, 4) is 16.6 Å². The lowest BCUT2D eigenvalue weighted by Gasteiger charge is -1.99. The minimum Gasteiger partial charge on any atom is -0.264 e. The van der Waals surface area contributed by atoms with Crippen LogP contribution in [0, 0.1) is 18.3 Å². The van der Waals surface area contributed by atoms with Crippen molar-refractivity contribution >= 4 is 11.3 Å². The maximum absolute atomic E-state index is 8.56. The molecule has 2 aromatic rings. The molecule has 2 heterocycles.